The summed E-state index contributed by atoms with van der Waals surface area (Å²) in [7, 11) is 0. The van der Waals surface area contributed by atoms with E-state index in [1.165, 1.54) is 30.0 Å². The second-order valence-electron chi connectivity index (χ2n) is 2.67. The highest BCUT2D eigenvalue weighted by atomic mass is 32.2. The average Bonchev–Trinajstić information content (AvgIpc) is 2.10. The van der Waals surface area contributed by atoms with Crippen molar-refractivity contribution in [2.75, 3.05) is 11.5 Å². The van der Waals surface area contributed by atoms with Crippen LogP contribution in [-0.2, 0) is 4.79 Å². The predicted molar refractivity (Wildman–Crippen MR) is 53.8 cm³/mol. The molecule has 1 aromatic rings. The maximum absolute atomic E-state index is 12.7. The molecule has 3 nitrogen and oxygen atoms in total. The molecule has 0 heterocycles. The fraction of sp³-hybridized carbons (Fsp3) is 0.222. The van der Waals surface area contributed by atoms with E-state index in [9.17, 15) is 9.18 Å². The van der Waals surface area contributed by atoms with Crippen LogP contribution in [0.3, 0.4) is 0 Å². The van der Waals surface area contributed by atoms with E-state index >= 15 is 0 Å². The van der Waals surface area contributed by atoms with Gasteiger partial charge in [-0.1, -0.05) is 0 Å². The van der Waals surface area contributed by atoms with E-state index < -0.39 is 5.97 Å². The Bertz CT molecular complexity index is 344. The number of nitrogen functional groups attached to an aromatic ring is 1. The zero-order valence-corrected chi connectivity index (χ0v) is 8.18. The van der Waals surface area contributed by atoms with Crippen LogP contribution in [0.2, 0.25) is 0 Å². The zero-order chi connectivity index (χ0) is 10.6. The molecule has 0 aliphatic carbocycles. The lowest BCUT2D eigenvalue weighted by Gasteiger charge is -2.03. The number of rotatable bonds is 4. The van der Waals surface area contributed by atoms with Gasteiger partial charge < -0.3 is 10.8 Å². The summed E-state index contributed by atoms with van der Waals surface area (Å²) in [6.07, 6.45) is 0.0423. The van der Waals surface area contributed by atoms with Crippen molar-refractivity contribution < 1.29 is 14.3 Å². The van der Waals surface area contributed by atoms with Crippen LogP contribution >= 0.6 is 11.8 Å². The number of aliphatic carboxylic acids is 1. The molecule has 0 radical (unpaired) electrons. The number of anilines is 1. The van der Waals surface area contributed by atoms with Gasteiger partial charge in [-0.05, 0) is 18.2 Å². The number of halogens is 1. The van der Waals surface area contributed by atoms with Crippen molar-refractivity contribution in [2.45, 2.75) is 11.3 Å². The molecule has 1 rings (SSSR count). The van der Waals surface area contributed by atoms with E-state index in [0.717, 1.165) is 0 Å². The summed E-state index contributed by atoms with van der Waals surface area (Å²) >= 11 is 1.24. The van der Waals surface area contributed by atoms with E-state index in [4.69, 9.17) is 10.8 Å². The number of benzene rings is 1. The maximum Gasteiger partial charge on any atom is 0.304 e. The summed E-state index contributed by atoms with van der Waals surface area (Å²) in [5.41, 5.74) is 6.05. The van der Waals surface area contributed by atoms with E-state index in [1.807, 2.05) is 0 Å². The summed E-state index contributed by atoms with van der Waals surface area (Å²) < 4.78 is 12.7. The lowest BCUT2D eigenvalue weighted by molar-refractivity contribution is -0.136. The number of hydrogen-bond acceptors (Lipinski definition) is 3. The number of nitrogens with two attached hydrogens (primary N) is 1. The average molecular weight is 215 g/mol. The summed E-state index contributed by atoms with van der Waals surface area (Å²) in [6, 6.07) is 4.05. The molecule has 1 aromatic carbocycles. The second kappa shape index (κ2) is 4.85. The second-order valence-corrected chi connectivity index (χ2v) is 3.81. The molecule has 0 aromatic heterocycles. The normalized spacial score (nSPS) is 10.1. The van der Waals surface area contributed by atoms with Crippen LogP contribution < -0.4 is 5.73 Å². The van der Waals surface area contributed by atoms with Gasteiger partial charge >= 0.3 is 5.97 Å². The lowest BCUT2D eigenvalue weighted by atomic mass is 10.3. The van der Waals surface area contributed by atoms with Crippen LogP contribution in [0.25, 0.3) is 0 Å². The summed E-state index contributed by atoms with van der Waals surface area (Å²) in [5.74, 6) is -0.840. The first-order valence-corrected chi connectivity index (χ1v) is 4.98. The fourth-order valence-electron chi connectivity index (χ4n) is 0.882. The molecule has 5 heteroatoms. The van der Waals surface area contributed by atoms with E-state index in [-0.39, 0.29) is 12.2 Å². The molecule has 3 N–H and O–H groups in total. The minimum Gasteiger partial charge on any atom is -0.481 e. The van der Waals surface area contributed by atoms with Crippen LogP contribution in [-0.4, -0.2) is 16.8 Å². The molecule has 0 spiro atoms. The Hall–Kier alpha value is -1.23. The largest absolute Gasteiger partial charge is 0.481 e. The van der Waals surface area contributed by atoms with Crippen LogP contribution in [0.4, 0.5) is 10.1 Å². The number of carboxylic acid groups (broad SMARTS) is 1. The van der Waals surface area contributed by atoms with Gasteiger partial charge in [0.1, 0.15) is 5.82 Å². The summed E-state index contributed by atoms with van der Waals surface area (Å²) in [6.45, 7) is 0. The zero-order valence-electron chi connectivity index (χ0n) is 7.37. The molecule has 0 amide bonds. The topological polar surface area (TPSA) is 63.3 Å². The summed E-state index contributed by atoms with van der Waals surface area (Å²) in [4.78, 5) is 10.8. The number of hydrogen-bond donors (Lipinski definition) is 2. The van der Waals surface area contributed by atoms with Gasteiger partial charge in [0.15, 0.2) is 0 Å². The van der Waals surface area contributed by atoms with Gasteiger partial charge in [-0.3, -0.25) is 4.79 Å². The Morgan fingerprint density at radius 1 is 1.57 bits per heavy atom. The first kappa shape index (κ1) is 10.8. The van der Waals surface area contributed by atoms with Crippen LogP contribution in [0.15, 0.2) is 23.1 Å². The quantitative estimate of drug-likeness (QED) is 0.595. The SMILES string of the molecule is Nc1ccc(F)cc1SCCC(=O)O. The van der Waals surface area contributed by atoms with Crippen molar-refractivity contribution in [3.63, 3.8) is 0 Å². The van der Waals surface area contributed by atoms with Crippen molar-refractivity contribution >= 4 is 23.4 Å². The molecule has 0 bridgehead atoms. The Kier molecular flexibility index (Phi) is 3.76. The van der Waals surface area contributed by atoms with Gasteiger partial charge in [0.05, 0.1) is 6.42 Å². The molecule has 76 valence electrons. The maximum atomic E-state index is 12.7. The van der Waals surface area contributed by atoms with Crippen molar-refractivity contribution in [1.82, 2.24) is 0 Å². The Morgan fingerprint density at radius 2 is 2.29 bits per heavy atom. The van der Waals surface area contributed by atoms with E-state index in [2.05, 4.69) is 0 Å². The van der Waals surface area contributed by atoms with Crippen LogP contribution in [0, 0.1) is 5.82 Å². The van der Waals surface area contributed by atoms with Gasteiger partial charge in [0.25, 0.3) is 0 Å². The minimum atomic E-state index is -0.868. The Labute approximate surface area is 85.1 Å². The number of thioether (sulfide) groups is 1. The van der Waals surface area contributed by atoms with Crippen LogP contribution in [0.1, 0.15) is 6.42 Å². The predicted octanol–water partition coefficient (Wildman–Crippen LogP) is 1.97. The fourth-order valence-corrected chi connectivity index (χ4v) is 1.81. The van der Waals surface area contributed by atoms with Crippen molar-refractivity contribution in [3.8, 4) is 0 Å². The Morgan fingerprint density at radius 3 is 2.93 bits per heavy atom. The molecular weight excluding hydrogens is 205 g/mol. The molecule has 0 saturated carbocycles. The number of carboxylic acids is 1. The Balaban J connectivity index is 2.57. The van der Waals surface area contributed by atoms with Gasteiger partial charge in [0.2, 0.25) is 0 Å². The van der Waals surface area contributed by atoms with E-state index in [0.29, 0.717) is 16.3 Å². The third-order valence-electron chi connectivity index (χ3n) is 1.55. The van der Waals surface area contributed by atoms with Gasteiger partial charge in [-0.15, -0.1) is 11.8 Å². The molecule has 0 atom stereocenters. The number of carbonyl (C=O) groups is 1. The third-order valence-corrected chi connectivity index (χ3v) is 2.62. The minimum absolute atomic E-state index is 0.0423. The molecule has 0 unspecified atom stereocenters. The molecule has 0 aliphatic rings. The molecule has 14 heavy (non-hydrogen) atoms. The summed E-state index contributed by atoms with van der Waals surface area (Å²) in [5, 5.41) is 8.40. The van der Waals surface area contributed by atoms with Crippen molar-refractivity contribution in [1.29, 1.82) is 0 Å². The molecule has 0 aliphatic heterocycles. The van der Waals surface area contributed by atoms with Crippen molar-refractivity contribution in [2.24, 2.45) is 0 Å². The first-order valence-electron chi connectivity index (χ1n) is 3.99. The van der Waals surface area contributed by atoms with Gasteiger partial charge in [-0.2, -0.15) is 0 Å². The monoisotopic (exact) mass is 215 g/mol. The molecule has 0 saturated heterocycles. The highest BCUT2D eigenvalue weighted by Crippen LogP contribution is 2.25. The first-order chi connectivity index (χ1) is 6.59. The third kappa shape index (κ3) is 3.26. The highest BCUT2D eigenvalue weighted by molar-refractivity contribution is 7.99. The van der Waals surface area contributed by atoms with Crippen LogP contribution in [0.5, 0.6) is 0 Å². The van der Waals surface area contributed by atoms with E-state index in [1.54, 1.807) is 0 Å². The lowest BCUT2D eigenvalue weighted by Crippen LogP contribution is -1.97. The smallest absolute Gasteiger partial charge is 0.304 e. The standard InChI is InChI=1S/C9H10FNO2S/c10-6-1-2-7(11)8(5-6)14-4-3-9(12)13/h1-2,5H,3-4,11H2,(H,12,13). The molecule has 0 fully saturated rings. The van der Waals surface area contributed by atoms with Gasteiger partial charge in [0, 0.05) is 16.3 Å². The van der Waals surface area contributed by atoms with Gasteiger partial charge in [-0.25, -0.2) is 4.39 Å². The molecular formula is C9H10FNO2S. The highest BCUT2D eigenvalue weighted by Gasteiger charge is 2.03. The van der Waals surface area contributed by atoms with Crippen molar-refractivity contribution in [3.05, 3.63) is 24.0 Å².